The molecule has 0 saturated heterocycles. The average Bonchev–Trinajstić information content (AvgIpc) is 2.89. The number of carbonyl (C=O) groups is 1. The van der Waals surface area contributed by atoms with Gasteiger partial charge in [-0.05, 0) is 104 Å². The molecule has 1 fully saturated rings. The van der Waals surface area contributed by atoms with Crippen LogP contribution in [0.1, 0.15) is 72.5 Å². The first-order valence-electron chi connectivity index (χ1n) is 12.6. The maximum absolute atomic E-state index is 13.8. The van der Waals surface area contributed by atoms with Crippen LogP contribution in [-0.2, 0) is 6.42 Å². The summed E-state index contributed by atoms with van der Waals surface area (Å²) in [4.78, 5) is 13.8. The Morgan fingerprint density at radius 2 is 1.59 bits per heavy atom. The van der Waals surface area contributed by atoms with Crippen molar-refractivity contribution < 1.29 is 14.3 Å². The topological polar surface area (TPSA) is 35.5 Å². The van der Waals surface area contributed by atoms with Gasteiger partial charge in [0.15, 0.2) is 5.78 Å². The summed E-state index contributed by atoms with van der Waals surface area (Å²) in [5.41, 5.74) is 6.03. The lowest BCUT2D eigenvalue weighted by atomic mass is 9.79. The van der Waals surface area contributed by atoms with Crippen LogP contribution >= 0.6 is 0 Å². The summed E-state index contributed by atoms with van der Waals surface area (Å²) in [6, 6.07) is 24.3. The molecule has 34 heavy (non-hydrogen) atoms. The monoisotopic (exact) mass is 452 g/mol. The summed E-state index contributed by atoms with van der Waals surface area (Å²) < 4.78 is 12.0. The second kappa shape index (κ2) is 10.3. The molecule has 174 valence electrons. The highest BCUT2D eigenvalue weighted by atomic mass is 16.5. The van der Waals surface area contributed by atoms with E-state index in [9.17, 15) is 4.79 Å². The molecule has 0 bridgehead atoms. The van der Waals surface area contributed by atoms with Gasteiger partial charge in [0, 0.05) is 11.1 Å². The molecule has 0 unspecified atom stereocenters. The highest BCUT2D eigenvalue weighted by Gasteiger charge is 2.26. The Hall–Kier alpha value is -3.33. The van der Waals surface area contributed by atoms with Crippen LogP contribution in [0, 0.1) is 0 Å². The maximum atomic E-state index is 13.8. The first-order valence-corrected chi connectivity index (χ1v) is 12.6. The van der Waals surface area contributed by atoms with Crippen molar-refractivity contribution in [1.82, 2.24) is 0 Å². The van der Waals surface area contributed by atoms with Gasteiger partial charge < -0.3 is 9.47 Å². The van der Waals surface area contributed by atoms with Crippen LogP contribution in [0.3, 0.4) is 0 Å². The Kier molecular flexibility index (Phi) is 6.80. The van der Waals surface area contributed by atoms with E-state index in [1.807, 2.05) is 55.5 Å². The van der Waals surface area contributed by atoms with E-state index in [1.165, 1.54) is 24.8 Å². The lowest BCUT2D eigenvalue weighted by Gasteiger charge is -2.25. The standard InChI is InChI=1S/C31H32O3/c1-2-33-27-19-13-22-16-20-28(30(29(22)21-27)23-9-5-3-6-10-23)31(32)24-14-17-26(18-15-24)34-25-11-7-4-8-12-25/h3,5-6,9-10,13-15,17-19,21,25H,2,4,7-8,11-12,16,20H2,1H3. The Balaban J connectivity index is 1.49. The highest BCUT2D eigenvalue weighted by molar-refractivity contribution is 6.15. The van der Waals surface area contributed by atoms with Crippen molar-refractivity contribution in [3.8, 4) is 11.5 Å². The minimum absolute atomic E-state index is 0.0931. The van der Waals surface area contributed by atoms with E-state index in [2.05, 4.69) is 24.3 Å². The van der Waals surface area contributed by atoms with E-state index in [4.69, 9.17) is 9.47 Å². The summed E-state index contributed by atoms with van der Waals surface area (Å²) >= 11 is 0. The van der Waals surface area contributed by atoms with Gasteiger partial charge in [0.2, 0.25) is 0 Å². The summed E-state index contributed by atoms with van der Waals surface area (Å²) in [7, 11) is 0. The minimum Gasteiger partial charge on any atom is -0.494 e. The van der Waals surface area contributed by atoms with Crippen LogP contribution in [0.15, 0.2) is 78.4 Å². The summed E-state index contributed by atoms with van der Waals surface area (Å²) in [5, 5.41) is 0. The zero-order valence-electron chi connectivity index (χ0n) is 19.9. The fraction of sp³-hybridized carbons (Fsp3) is 0.323. The van der Waals surface area contributed by atoms with Crippen LogP contribution in [-0.4, -0.2) is 18.5 Å². The molecule has 0 atom stereocenters. The number of hydrogen-bond donors (Lipinski definition) is 0. The van der Waals surface area contributed by atoms with Crippen LogP contribution in [0.5, 0.6) is 11.5 Å². The number of aryl methyl sites for hydroxylation is 1. The number of benzene rings is 3. The van der Waals surface area contributed by atoms with E-state index in [0.717, 1.165) is 59.5 Å². The molecule has 3 heteroatoms. The lowest BCUT2D eigenvalue weighted by Crippen LogP contribution is -2.19. The molecular formula is C31H32O3. The molecule has 2 aliphatic carbocycles. The first-order chi connectivity index (χ1) is 16.7. The van der Waals surface area contributed by atoms with Gasteiger partial charge in [-0.25, -0.2) is 0 Å². The molecule has 1 saturated carbocycles. The van der Waals surface area contributed by atoms with Crippen LogP contribution in [0.4, 0.5) is 0 Å². The number of hydrogen-bond acceptors (Lipinski definition) is 3. The third kappa shape index (κ3) is 4.79. The quantitative estimate of drug-likeness (QED) is 0.350. The molecule has 0 amide bonds. The second-order valence-electron chi connectivity index (χ2n) is 9.20. The van der Waals surface area contributed by atoms with Gasteiger partial charge in [0.25, 0.3) is 0 Å². The predicted molar refractivity (Wildman–Crippen MR) is 137 cm³/mol. The Morgan fingerprint density at radius 3 is 2.32 bits per heavy atom. The number of Topliss-reactive ketones (excluding diaryl/α,β-unsaturated/α-hetero) is 1. The van der Waals surface area contributed by atoms with Crippen molar-refractivity contribution in [2.24, 2.45) is 0 Å². The third-order valence-corrected chi connectivity index (χ3v) is 6.92. The Morgan fingerprint density at radius 1 is 0.853 bits per heavy atom. The number of fused-ring (bicyclic) bond motifs is 1. The van der Waals surface area contributed by atoms with Crippen molar-refractivity contribution in [3.05, 3.63) is 101 Å². The first kappa shape index (κ1) is 22.5. The predicted octanol–water partition coefficient (Wildman–Crippen LogP) is 7.43. The van der Waals surface area contributed by atoms with Crippen LogP contribution in [0.2, 0.25) is 0 Å². The zero-order valence-corrected chi connectivity index (χ0v) is 19.9. The fourth-order valence-electron chi connectivity index (χ4n) is 5.21. The highest BCUT2D eigenvalue weighted by Crippen LogP contribution is 2.39. The smallest absolute Gasteiger partial charge is 0.189 e. The average molecular weight is 453 g/mol. The van der Waals surface area contributed by atoms with E-state index in [-0.39, 0.29) is 5.78 Å². The van der Waals surface area contributed by atoms with Crippen LogP contribution < -0.4 is 9.47 Å². The number of ether oxygens (including phenoxy) is 2. The van der Waals surface area contributed by atoms with Crippen molar-refractivity contribution in [2.45, 2.75) is 58.0 Å². The largest absolute Gasteiger partial charge is 0.494 e. The molecule has 0 heterocycles. The number of allylic oxidation sites excluding steroid dienone is 1. The molecule has 3 nitrogen and oxygen atoms in total. The number of rotatable bonds is 7. The zero-order chi connectivity index (χ0) is 23.3. The lowest BCUT2D eigenvalue weighted by molar-refractivity contribution is 0.103. The summed E-state index contributed by atoms with van der Waals surface area (Å²) in [5.74, 6) is 1.79. The van der Waals surface area contributed by atoms with Crippen LogP contribution in [0.25, 0.3) is 5.57 Å². The molecular weight excluding hydrogens is 420 g/mol. The molecule has 0 spiro atoms. The Labute approximate surface area is 202 Å². The van der Waals surface area contributed by atoms with Gasteiger partial charge >= 0.3 is 0 Å². The molecule has 3 aromatic rings. The maximum Gasteiger partial charge on any atom is 0.189 e. The van der Waals surface area contributed by atoms with Crippen molar-refractivity contribution in [1.29, 1.82) is 0 Å². The van der Waals surface area contributed by atoms with Gasteiger partial charge in [-0.15, -0.1) is 0 Å². The minimum atomic E-state index is 0.0931. The van der Waals surface area contributed by atoms with Crippen molar-refractivity contribution in [2.75, 3.05) is 6.61 Å². The molecule has 0 aliphatic heterocycles. The Bertz CT molecular complexity index is 1170. The fourth-order valence-corrected chi connectivity index (χ4v) is 5.21. The molecule has 0 radical (unpaired) electrons. The van der Waals surface area contributed by atoms with Crippen molar-refractivity contribution in [3.63, 3.8) is 0 Å². The number of carbonyl (C=O) groups excluding carboxylic acids is 1. The van der Waals surface area contributed by atoms with E-state index >= 15 is 0 Å². The van der Waals surface area contributed by atoms with E-state index < -0.39 is 0 Å². The molecule has 5 rings (SSSR count). The van der Waals surface area contributed by atoms with Gasteiger partial charge in [-0.3, -0.25) is 4.79 Å². The second-order valence-corrected chi connectivity index (χ2v) is 9.20. The third-order valence-electron chi connectivity index (χ3n) is 6.92. The molecule has 0 aromatic heterocycles. The van der Waals surface area contributed by atoms with Gasteiger partial charge in [0.05, 0.1) is 12.7 Å². The van der Waals surface area contributed by atoms with E-state index in [1.54, 1.807) is 0 Å². The van der Waals surface area contributed by atoms with Gasteiger partial charge in [-0.2, -0.15) is 0 Å². The van der Waals surface area contributed by atoms with Gasteiger partial charge in [0.1, 0.15) is 11.5 Å². The van der Waals surface area contributed by atoms with Gasteiger partial charge in [-0.1, -0.05) is 42.8 Å². The summed E-state index contributed by atoms with van der Waals surface area (Å²) in [6.45, 7) is 2.61. The van der Waals surface area contributed by atoms with E-state index in [0.29, 0.717) is 18.3 Å². The molecule has 2 aliphatic rings. The van der Waals surface area contributed by atoms with Crippen molar-refractivity contribution >= 4 is 11.4 Å². The SMILES string of the molecule is CCOc1ccc2c(c1)C(c1ccccc1)=C(C(=O)c1ccc(OC3CCCCC3)cc1)CC2. The molecule has 3 aromatic carbocycles. The number of ketones is 1. The normalized spacial score (nSPS) is 16.1. The molecule has 0 N–H and O–H groups in total. The summed E-state index contributed by atoms with van der Waals surface area (Å²) in [6.07, 6.45) is 7.91.